The van der Waals surface area contributed by atoms with Gasteiger partial charge in [0.05, 0.1) is 39.3 Å². The van der Waals surface area contributed by atoms with Crippen molar-refractivity contribution in [3.63, 3.8) is 0 Å². The van der Waals surface area contributed by atoms with Gasteiger partial charge in [-0.1, -0.05) is 196 Å². The molecule has 0 aliphatic rings. The van der Waals surface area contributed by atoms with Crippen molar-refractivity contribution in [3.8, 4) is 0 Å². The van der Waals surface area contributed by atoms with Gasteiger partial charge >= 0.3 is 39.5 Å². The quantitative estimate of drug-likeness (QED) is 0.0128. The highest BCUT2D eigenvalue weighted by atomic mass is 31.2. The number of aliphatic hydroxyl groups is 1. The van der Waals surface area contributed by atoms with Crippen LogP contribution < -0.4 is 0 Å². The predicted molar refractivity (Wildman–Crippen MR) is 321 cm³/mol. The summed E-state index contributed by atoms with van der Waals surface area (Å²) in [6, 6.07) is 0. The smallest absolute Gasteiger partial charge is 0.462 e. The third kappa shape index (κ3) is 55.2. The number of unbranched alkanes of at least 4 members (excludes halogenated alkanes) is 19. The topological polar surface area (TPSA) is 237 Å². The van der Waals surface area contributed by atoms with Crippen LogP contribution in [0.25, 0.3) is 0 Å². The van der Waals surface area contributed by atoms with Crippen LogP contribution in [0.1, 0.15) is 227 Å². The number of esters is 4. The van der Waals surface area contributed by atoms with Crippen LogP contribution in [-0.2, 0) is 65.4 Å². The van der Waals surface area contributed by atoms with Crippen molar-refractivity contribution in [2.45, 2.75) is 245 Å². The van der Waals surface area contributed by atoms with Crippen molar-refractivity contribution < 1.29 is 80.2 Å². The zero-order valence-electron chi connectivity index (χ0n) is 49.9. The molecule has 19 heteroatoms. The number of aliphatic hydroxyl groups excluding tert-OH is 1. The molecule has 466 valence electrons. The molecule has 2 unspecified atom stereocenters. The average Bonchev–Trinajstić information content (AvgIpc) is 3.44. The fourth-order valence-corrected chi connectivity index (χ4v) is 9.07. The number of phosphoric ester groups is 2. The Kier molecular flexibility index (Phi) is 52.9. The predicted octanol–water partition coefficient (Wildman–Crippen LogP) is 15.6. The molecule has 0 radical (unpaired) electrons. The molecule has 0 heterocycles. The standard InChI is InChI=1S/C62H106O17P2/c1-5-9-13-17-21-24-27-30-33-36-40-43-47-60(65)72-52-57(78-61(66)48-44-38-20-16-12-8-4)54-76-80(68,69)74-50-56(63)51-75-81(70,71)77-55-58(53-73-59(64)46-42-39-35-32-29-26-23-19-15-11-7-3)79-62(67)49-45-41-37-34-31-28-25-22-18-14-10-6-2/h10,14,21-22,24-26,28-29,31,39,41-42,45,56-58,63H,5-9,11-13,15-20,23,27,30,32-38,40,43-44,46-55H2,1-4H3,(H,68,69)(H,70,71)/b14-10-,24-21+,25-22+,29-26+,31-28?,42-39?,45-41+/t56-,57+,58+/m0/s1. The van der Waals surface area contributed by atoms with Gasteiger partial charge in [0.2, 0.25) is 0 Å². The van der Waals surface area contributed by atoms with E-state index < -0.39 is 97.5 Å². The molecule has 0 saturated heterocycles. The number of ether oxygens (including phenoxy) is 4. The number of allylic oxidation sites excluding steroid dienone is 12. The Morgan fingerprint density at radius 2 is 0.765 bits per heavy atom. The average molecular weight is 1190 g/mol. The first-order valence-corrected chi connectivity index (χ1v) is 33.3. The summed E-state index contributed by atoms with van der Waals surface area (Å²) in [5, 5.41) is 10.5. The maximum absolute atomic E-state index is 12.9. The van der Waals surface area contributed by atoms with E-state index in [9.17, 15) is 43.2 Å². The number of phosphoric acid groups is 2. The maximum atomic E-state index is 12.9. The lowest BCUT2D eigenvalue weighted by atomic mass is 10.1. The number of hydrogen-bond donors (Lipinski definition) is 3. The first kappa shape index (κ1) is 77.2. The highest BCUT2D eigenvalue weighted by Crippen LogP contribution is 2.45. The van der Waals surface area contributed by atoms with Crippen LogP contribution in [0.5, 0.6) is 0 Å². The number of rotatable bonds is 56. The van der Waals surface area contributed by atoms with Gasteiger partial charge in [-0.2, -0.15) is 0 Å². The Morgan fingerprint density at radius 1 is 0.383 bits per heavy atom. The molecule has 0 aliphatic heterocycles. The van der Waals surface area contributed by atoms with Crippen LogP contribution in [0.2, 0.25) is 0 Å². The maximum Gasteiger partial charge on any atom is 0.472 e. The molecule has 0 bridgehead atoms. The SMILES string of the molecule is CC/C=C\C/C=C/C=CCC/C=C/CC(=O)O[C@H](COC(=O)CC=CCC/C=C/CCCCCC)COP(=O)(O)OC[C@@H](O)COP(=O)(O)OC[C@@H](COC(=O)CCCCCCC/C=C/CCCCC)OC(=O)CCCCCCCC. The van der Waals surface area contributed by atoms with E-state index in [2.05, 4.69) is 70.2 Å². The first-order valence-electron chi connectivity index (χ1n) is 30.3. The van der Waals surface area contributed by atoms with Crippen LogP contribution in [0.4, 0.5) is 0 Å². The molecule has 0 aromatic rings. The normalized spacial score (nSPS) is 14.9. The van der Waals surface area contributed by atoms with Crippen LogP contribution in [0.3, 0.4) is 0 Å². The van der Waals surface area contributed by atoms with Gasteiger partial charge in [-0.15, -0.1) is 0 Å². The van der Waals surface area contributed by atoms with Gasteiger partial charge in [-0.05, 0) is 89.9 Å². The van der Waals surface area contributed by atoms with Crippen LogP contribution in [0.15, 0.2) is 85.1 Å². The summed E-state index contributed by atoms with van der Waals surface area (Å²) in [7, 11) is -9.94. The minimum Gasteiger partial charge on any atom is -0.462 e. The molecule has 0 aromatic heterocycles. The van der Waals surface area contributed by atoms with Crippen LogP contribution >= 0.6 is 15.6 Å². The molecule has 17 nitrogen and oxygen atoms in total. The molecule has 0 aliphatic carbocycles. The Bertz CT molecular complexity index is 1890. The molecule has 5 atom stereocenters. The largest absolute Gasteiger partial charge is 0.472 e. The van der Waals surface area contributed by atoms with Crippen LogP contribution in [-0.4, -0.2) is 96.7 Å². The summed E-state index contributed by atoms with van der Waals surface area (Å²) in [5.74, 6) is -2.46. The second kappa shape index (κ2) is 55.4. The third-order valence-electron chi connectivity index (χ3n) is 12.1. The molecular weight excluding hydrogens is 1080 g/mol. The van der Waals surface area contributed by atoms with E-state index in [4.69, 9.17) is 37.0 Å². The lowest BCUT2D eigenvalue weighted by Gasteiger charge is -2.21. The molecule has 0 amide bonds. The van der Waals surface area contributed by atoms with Crippen molar-refractivity contribution in [1.82, 2.24) is 0 Å². The number of carbonyl (C=O) groups excluding carboxylic acids is 4. The monoisotopic (exact) mass is 1180 g/mol. The second-order valence-electron chi connectivity index (χ2n) is 20.0. The van der Waals surface area contributed by atoms with Gasteiger partial charge in [-0.3, -0.25) is 37.3 Å². The molecule has 3 N–H and O–H groups in total. The molecule has 0 fully saturated rings. The van der Waals surface area contributed by atoms with E-state index in [0.717, 1.165) is 109 Å². The molecule has 0 aromatic carbocycles. The Labute approximate surface area is 487 Å². The lowest BCUT2D eigenvalue weighted by molar-refractivity contribution is -0.161. The van der Waals surface area contributed by atoms with Gasteiger partial charge in [-0.25, -0.2) is 9.13 Å². The minimum atomic E-state index is -4.99. The van der Waals surface area contributed by atoms with E-state index in [1.165, 1.54) is 44.9 Å². The molecule has 0 rings (SSSR count). The lowest BCUT2D eigenvalue weighted by Crippen LogP contribution is -2.30. The molecule has 81 heavy (non-hydrogen) atoms. The first-order chi connectivity index (χ1) is 39.2. The van der Waals surface area contributed by atoms with Crippen molar-refractivity contribution in [2.24, 2.45) is 0 Å². The zero-order valence-corrected chi connectivity index (χ0v) is 51.7. The third-order valence-corrected chi connectivity index (χ3v) is 14.0. The van der Waals surface area contributed by atoms with Crippen molar-refractivity contribution in [2.75, 3.05) is 39.6 Å². The van der Waals surface area contributed by atoms with Crippen molar-refractivity contribution >= 4 is 39.5 Å². The summed E-state index contributed by atoms with van der Waals surface area (Å²) in [5.41, 5.74) is 0. The van der Waals surface area contributed by atoms with Gasteiger partial charge < -0.3 is 33.8 Å². The molecule has 0 spiro atoms. The van der Waals surface area contributed by atoms with E-state index in [0.29, 0.717) is 19.3 Å². The summed E-state index contributed by atoms with van der Waals surface area (Å²) < 4.78 is 67.3. The fraction of sp³-hybridized carbons (Fsp3) is 0.710. The number of hydrogen-bond acceptors (Lipinski definition) is 15. The van der Waals surface area contributed by atoms with E-state index in [1.54, 1.807) is 12.2 Å². The highest BCUT2D eigenvalue weighted by molar-refractivity contribution is 7.47. The van der Waals surface area contributed by atoms with Crippen molar-refractivity contribution in [3.05, 3.63) is 85.1 Å². The van der Waals surface area contributed by atoms with Crippen LogP contribution in [0, 0.1) is 0 Å². The summed E-state index contributed by atoms with van der Waals surface area (Å²) >= 11 is 0. The fourth-order valence-electron chi connectivity index (χ4n) is 7.49. The summed E-state index contributed by atoms with van der Waals surface area (Å²) in [4.78, 5) is 71.7. The van der Waals surface area contributed by atoms with Crippen molar-refractivity contribution in [1.29, 1.82) is 0 Å². The minimum absolute atomic E-state index is 0.0560. The second-order valence-corrected chi connectivity index (χ2v) is 22.9. The Morgan fingerprint density at radius 3 is 1.31 bits per heavy atom. The molecule has 0 saturated carbocycles. The summed E-state index contributed by atoms with van der Waals surface area (Å²) in [6.07, 6.45) is 50.4. The highest BCUT2D eigenvalue weighted by Gasteiger charge is 2.30. The van der Waals surface area contributed by atoms with E-state index in [-0.39, 0.29) is 25.7 Å². The van der Waals surface area contributed by atoms with E-state index in [1.807, 2.05) is 30.4 Å². The van der Waals surface area contributed by atoms with E-state index >= 15 is 0 Å². The Hall–Kier alpha value is -3.76. The van der Waals surface area contributed by atoms with Gasteiger partial charge in [0.1, 0.15) is 19.3 Å². The zero-order chi connectivity index (χ0) is 59.8. The van der Waals surface area contributed by atoms with Gasteiger partial charge in [0.15, 0.2) is 12.2 Å². The number of carbonyl (C=O) groups is 4. The van der Waals surface area contributed by atoms with Gasteiger partial charge in [0, 0.05) is 12.8 Å². The molecular formula is C62H106O17P2. The summed E-state index contributed by atoms with van der Waals surface area (Å²) in [6.45, 7) is 4.35. The Balaban J connectivity index is 5.33. The van der Waals surface area contributed by atoms with Gasteiger partial charge in [0.25, 0.3) is 0 Å².